The number of hydrogen-bond donors (Lipinski definition) is 4. The van der Waals surface area contributed by atoms with Gasteiger partial charge in [-0.15, -0.1) is 0 Å². The van der Waals surface area contributed by atoms with Crippen molar-refractivity contribution in [3.63, 3.8) is 0 Å². The largest absolute Gasteiger partial charge is 0.351 e. The van der Waals surface area contributed by atoms with Crippen molar-refractivity contribution in [1.29, 1.82) is 0 Å². The van der Waals surface area contributed by atoms with Gasteiger partial charge in [0, 0.05) is 17.9 Å². The standard InChI is InChI=1S/C13H15N3O3S/c1-13(11(18)15-12(19)16-13)9-4-2-3-8(7-9)10(17)14-5-6-20/h2-4,7,20H,5-6H2,1H3,(H,14,17)(H2,15,16,18,19). The van der Waals surface area contributed by atoms with Gasteiger partial charge in [-0.05, 0) is 24.6 Å². The van der Waals surface area contributed by atoms with Crippen LogP contribution in [0.4, 0.5) is 4.79 Å². The molecule has 1 atom stereocenters. The summed E-state index contributed by atoms with van der Waals surface area (Å²) in [5, 5.41) is 7.45. The van der Waals surface area contributed by atoms with E-state index in [0.29, 0.717) is 23.4 Å². The van der Waals surface area contributed by atoms with Crippen LogP contribution >= 0.6 is 12.6 Å². The van der Waals surface area contributed by atoms with Crippen molar-refractivity contribution in [1.82, 2.24) is 16.0 Å². The summed E-state index contributed by atoms with van der Waals surface area (Å²) in [5.41, 5.74) is -0.171. The van der Waals surface area contributed by atoms with Crippen molar-refractivity contribution >= 4 is 30.5 Å². The van der Waals surface area contributed by atoms with Crippen LogP contribution in [-0.2, 0) is 10.3 Å². The van der Waals surface area contributed by atoms with Gasteiger partial charge in [-0.2, -0.15) is 12.6 Å². The van der Waals surface area contributed by atoms with E-state index in [1.54, 1.807) is 31.2 Å². The third-order valence-electron chi connectivity index (χ3n) is 3.14. The molecule has 1 fully saturated rings. The van der Waals surface area contributed by atoms with Gasteiger partial charge in [0.15, 0.2) is 0 Å². The zero-order valence-electron chi connectivity index (χ0n) is 10.9. The van der Waals surface area contributed by atoms with Crippen LogP contribution in [0.25, 0.3) is 0 Å². The molecule has 0 aliphatic carbocycles. The van der Waals surface area contributed by atoms with Crippen LogP contribution in [-0.4, -0.2) is 30.1 Å². The average molecular weight is 293 g/mol. The molecular formula is C13H15N3O3S. The number of hydrogen-bond acceptors (Lipinski definition) is 4. The van der Waals surface area contributed by atoms with E-state index in [-0.39, 0.29) is 5.91 Å². The Balaban J connectivity index is 2.28. The van der Waals surface area contributed by atoms with E-state index in [1.165, 1.54) is 0 Å². The van der Waals surface area contributed by atoms with Gasteiger partial charge in [0.25, 0.3) is 11.8 Å². The molecule has 106 valence electrons. The normalized spacial score (nSPS) is 21.3. The van der Waals surface area contributed by atoms with Crippen LogP contribution in [0.2, 0.25) is 0 Å². The molecule has 1 aromatic rings. The van der Waals surface area contributed by atoms with E-state index in [0.717, 1.165) is 0 Å². The second-order valence-corrected chi connectivity index (χ2v) is 5.04. The Morgan fingerprint density at radius 1 is 1.40 bits per heavy atom. The van der Waals surface area contributed by atoms with Gasteiger partial charge in [-0.1, -0.05) is 12.1 Å². The molecule has 1 aliphatic rings. The van der Waals surface area contributed by atoms with Crippen molar-refractivity contribution in [2.75, 3.05) is 12.3 Å². The molecule has 1 unspecified atom stereocenters. The number of amides is 4. The van der Waals surface area contributed by atoms with Crippen LogP contribution in [0.5, 0.6) is 0 Å². The summed E-state index contributed by atoms with van der Waals surface area (Å²) in [7, 11) is 0. The Labute approximate surface area is 121 Å². The third kappa shape index (κ3) is 2.62. The van der Waals surface area contributed by atoms with E-state index < -0.39 is 17.5 Å². The van der Waals surface area contributed by atoms with Gasteiger partial charge in [-0.3, -0.25) is 14.9 Å². The van der Waals surface area contributed by atoms with Crippen LogP contribution in [0, 0.1) is 0 Å². The summed E-state index contributed by atoms with van der Waals surface area (Å²) < 4.78 is 0. The molecule has 3 N–H and O–H groups in total. The Hall–Kier alpha value is -2.02. The molecule has 0 saturated carbocycles. The summed E-state index contributed by atoms with van der Waals surface area (Å²) in [5.74, 6) is -0.133. The molecule has 6 nitrogen and oxygen atoms in total. The number of nitrogens with one attached hydrogen (secondary N) is 3. The summed E-state index contributed by atoms with van der Waals surface area (Å²) in [4.78, 5) is 35.0. The Bertz CT molecular complexity index is 576. The molecule has 4 amide bonds. The van der Waals surface area contributed by atoms with E-state index in [9.17, 15) is 14.4 Å². The van der Waals surface area contributed by atoms with Crippen LogP contribution in [0.15, 0.2) is 24.3 Å². The quantitative estimate of drug-likeness (QED) is 0.479. The zero-order valence-corrected chi connectivity index (χ0v) is 11.8. The number of carbonyl (C=O) groups is 3. The first kappa shape index (κ1) is 14.4. The molecule has 0 bridgehead atoms. The second-order valence-electron chi connectivity index (χ2n) is 4.59. The topological polar surface area (TPSA) is 87.3 Å². The molecule has 2 rings (SSSR count). The number of benzene rings is 1. The lowest BCUT2D eigenvalue weighted by Crippen LogP contribution is -2.40. The predicted molar refractivity (Wildman–Crippen MR) is 76.7 cm³/mol. The zero-order chi connectivity index (χ0) is 14.8. The van der Waals surface area contributed by atoms with Gasteiger partial charge in [0.05, 0.1) is 0 Å². The van der Waals surface area contributed by atoms with Crippen molar-refractivity contribution < 1.29 is 14.4 Å². The van der Waals surface area contributed by atoms with Gasteiger partial charge in [-0.25, -0.2) is 4.79 Å². The lowest BCUT2D eigenvalue weighted by atomic mass is 9.91. The fourth-order valence-corrected chi connectivity index (χ4v) is 2.10. The molecular weight excluding hydrogens is 278 g/mol. The Morgan fingerprint density at radius 3 is 2.75 bits per heavy atom. The molecule has 1 aliphatic heterocycles. The van der Waals surface area contributed by atoms with Crippen LogP contribution < -0.4 is 16.0 Å². The lowest BCUT2D eigenvalue weighted by Gasteiger charge is -2.21. The number of thiol groups is 1. The molecule has 1 saturated heterocycles. The highest BCUT2D eigenvalue weighted by Crippen LogP contribution is 2.24. The smallest absolute Gasteiger partial charge is 0.322 e. The minimum absolute atomic E-state index is 0.241. The maximum atomic E-state index is 11.9. The maximum absolute atomic E-state index is 11.9. The highest BCUT2D eigenvalue weighted by molar-refractivity contribution is 7.80. The van der Waals surface area contributed by atoms with Crippen molar-refractivity contribution in [2.24, 2.45) is 0 Å². The van der Waals surface area contributed by atoms with Gasteiger partial charge >= 0.3 is 6.03 Å². The molecule has 20 heavy (non-hydrogen) atoms. The Morgan fingerprint density at radius 2 is 2.15 bits per heavy atom. The number of urea groups is 1. The number of imide groups is 1. The van der Waals surface area contributed by atoms with E-state index in [1.807, 2.05) is 0 Å². The summed E-state index contributed by atoms with van der Waals surface area (Å²) in [6.45, 7) is 2.05. The minimum atomic E-state index is -1.16. The molecule has 0 aromatic heterocycles. The average Bonchev–Trinajstić information content (AvgIpc) is 2.70. The first-order valence-corrected chi connectivity index (χ1v) is 6.74. The van der Waals surface area contributed by atoms with Crippen LogP contribution in [0.1, 0.15) is 22.8 Å². The summed E-state index contributed by atoms with van der Waals surface area (Å²) in [6, 6.07) is 6.07. The summed E-state index contributed by atoms with van der Waals surface area (Å²) >= 11 is 4.02. The predicted octanol–water partition coefficient (Wildman–Crippen LogP) is 0.401. The molecule has 1 aromatic carbocycles. The second kappa shape index (κ2) is 5.54. The monoisotopic (exact) mass is 293 g/mol. The molecule has 0 radical (unpaired) electrons. The SMILES string of the molecule is CC1(c2cccc(C(=O)NCCS)c2)NC(=O)NC1=O. The van der Waals surface area contributed by atoms with Crippen molar-refractivity contribution in [3.05, 3.63) is 35.4 Å². The third-order valence-corrected chi connectivity index (χ3v) is 3.37. The van der Waals surface area contributed by atoms with Gasteiger partial charge < -0.3 is 10.6 Å². The minimum Gasteiger partial charge on any atom is -0.351 e. The highest BCUT2D eigenvalue weighted by Gasteiger charge is 2.43. The molecule has 7 heteroatoms. The molecule has 0 spiro atoms. The van der Waals surface area contributed by atoms with Gasteiger partial charge in [0.1, 0.15) is 5.54 Å². The molecule has 1 heterocycles. The summed E-state index contributed by atoms with van der Waals surface area (Å²) in [6.07, 6.45) is 0. The maximum Gasteiger partial charge on any atom is 0.322 e. The van der Waals surface area contributed by atoms with E-state index in [2.05, 4.69) is 28.6 Å². The van der Waals surface area contributed by atoms with E-state index >= 15 is 0 Å². The fourth-order valence-electron chi connectivity index (χ4n) is 1.99. The van der Waals surface area contributed by atoms with Crippen LogP contribution in [0.3, 0.4) is 0 Å². The Kier molecular flexibility index (Phi) is 3.99. The number of rotatable bonds is 4. The highest BCUT2D eigenvalue weighted by atomic mass is 32.1. The van der Waals surface area contributed by atoms with Crippen molar-refractivity contribution in [3.8, 4) is 0 Å². The fraction of sp³-hybridized carbons (Fsp3) is 0.308. The van der Waals surface area contributed by atoms with E-state index in [4.69, 9.17) is 0 Å². The first-order valence-electron chi connectivity index (χ1n) is 6.10. The number of carbonyl (C=O) groups excluding carboxylic acids is 3. The van der Waals surface area contributed by atoms with Gasteiger partial charge in [0.2, 0.25) is 0 Å². The first-order chi connectivity index (χ1) is 9.47. The lowest BCUT2D eigenvalue weighted by molar-refractivity contribution is -0.123. The van der Waals surface area contributed by atoms with Crippen molar-refractivity contribution in [2.45, 2.75) is 12.5 Å².